The number of hydrogen-bond donors (Lipinski definition) is 2. The van der Waals surface area contributed by atoms with Gasteiger partial charge in [-0.3, -0.25) is 10.3 Å². The van der Waals surface area contributed by atoms with Crippen molar-refractivity contribution in [2.24, 2.45) is 11.7 Å². The summed E-state index contributed by atoms with van der Waals surface area (Å²) in [6.45, 7) is 3.23. The van der Waals surface area contributed by atoms with Crippen molar-refractivity contribution in [2.75, 3.05) is 6.54 Å². The van der Waals surface area contributed by atoms with Crippen LogP contribution in [0.25, 0.3) is 0 Å². The maximum atomic E-state index is 7.45. The molecule has 0 bridgehead atoms. The molecule has 2 aliphatic rings. The van der Waals surface area contributed by atoms with Gasteiger partial charge in [0.2, 0.25) is 0 Å². The fraction of sp³-hybridized carbons (Fsp3) is 0.900. The van der Waals surface area contributed by atoms with Crippen LogP contribution in [0, 0.1) is 11.3 Å². The summed E-state index contributed by atoms with van der Waals surface area (Å²) in [5, 5.41) is 7.45. The van der Waals surface area contributed by atoms with Gasteiger partial charge in [0.25, 0.3) is 0 Å². The first kappa shape index (κ1) is 9.00. The third-order valence-electron chi connectivity index (χ3n) is 3.13. The van der Waals surface area contributed by atoms with Crippen molar-refractivity contribution >= 4 is 5.84 Å². The Hall–Kier alpha value is -0.570. The van der Waals surface area contributed by atoms with Crippen LogP contribution in [-0.2, 0) is 0 Å². The quantitative estimate of drug-likeness (QED) is 0.494. The number of nitrogens with one attached hydrogen (secondary N) is 1. The van der Waals surface area contributed by atoms with E-state index >= 15 is 0 Å². The lowest BCUT2D eigenvalue weighted by Crippen LogP contribution is -2.44. The van der Waals surface area contributed by atoms with E-state index in [2.05, 4.69) is 11.8 Å². The molecule has 0 aromatic carbocycles. The van der Waals surface area contributed by atoms with Crippen LogP contribution < -0.4 is 5.73 Å². The van der Waals surface area contributed by atoms with Gasteiger partial charge in [-0.1, -0.05) is 0 Å². The van der Waals surface area contributed by atoms with Crippen LogP contribution in [0.3, 0.4) is 0 Å². The first-order chi connectivity index (χ1) is 6.18. The summed E-state index contributed by atoms with van der Waals surface area (Å²) in [6.07, 6.45) is 5.39. The molecule has 0 aliphatic heterocycles. The Bertz CT molecular complexity index is 206. The van der Waals surface area contributed by atoms with E-state index in [0.717, 1.165) is 12.0 Å². The lowest BCUT2D eigenvalue weighted by atomic mass is 10.2. The lowest BCUT2D eigenvalue weighted by Gasteiger charge is -2.28. The van der Waals surface area contributed by atoms with Gasteiger partial charge < -0.3 is 5.73 Å². The zero-order valence-electron chi connectivity index (χ0n) is 8.29. The first-order valence-electron chi connectivity index (χ1n) is 5.28. The highest BCUT2D eigenvalue weighted by Gasteiger charge is 2.36. The standard InChI is InChI=1S/C10H19N3/c1-7(10(11)12)13(9-4-5-9)6-8-2-3-8/h7-9H,2-6H2,1H3,(H3,11,12). The summed E-state index contributed by atoms with van der Waals surface area (Å²) in [5.41, 5.74) is 5.54. The van der Waals surface area contributed by atoms with E-state index in [1.807, 2.05) is 0 Å². The highest BCUT2D eigenvalue weighted by Crippen LogP contribution is 2.35. The molecule has 0 aromatic heterocycles. The van der Waals surface area contributed by atoms with Gasteiger partial charge in [-0.15, -0.1) is 0 Å². The van der Waals surface area contributed by atoms with Crippen LogP contribution in [0.15, 0.2) is 0 Å². The van der Waals surface area contributed by atoms with Crippen molar-refractivity contribution in [2.45, 2.75) is 44.7 Å². The molecule has 0 amide bonds. The molecule has 0 saturated heterocycles. The van der Waals surface area contributed by atoms with E-state index < -0.39 is 0 Å². The second kappa shape index (κ2) is 3.29. The minimum absolute atomic E-state index is 0.160. The summed E-state index contributed by atoms with van der Waals surface area (Å²) in [7, 11) is 0. The topological polar surface area (TPSA) is 53.1 Å². The summed E-state index contributed by atoms with van der Waals surface area (Å²) in [6, 6.07) is 0.896. The Morgan fingerprint density at radius 2 is 2.08 bits per heavy atom. The SMILES string of the molecule is CC(C(=N)N)N(CC1CC1)C1CC1. The molecule has 13 heavy (non-hydrogen) atoms. The molecule has 3 N–H and O–H groups in total. The molecule has 1 atom stereocenters. The van der Waals surface area contributed by atoms with E-state index in [4.69, 9.17) is 11.1 Å². The highest BCUT2D eigenvalue weighted by molar-refractivity contribution is 5.82. The van der Waals surface area contributed by atoms with Gasteiger partial charge in [0, 0.05) is 12.6 Å². The molecule has 3 heteroatoms. The largest absolute Gasteiger partial charge is 0.386 e. The van der Waals surface area contributed by atoms with Gasteiger partial charge in [0.05, 0.1) is 6.04 Å². The lowest BCUT2D eigenvalue weighted by molar-refractivity contribution is 0.231. The van der Waals surface area contributed by atoms with Crippen molar-refractivity contribution < 1.29 is 0 Å². The fourth-order valence-electron chi connectivity index (χ4n) is 1.81. The average Bonchev–Trinajstić information content (AvgIpc) is 2.90. The highest BCUT2D eigenvalue weighted by atomic mass is 15.2. The van der Waals surface area contributed by atoms with Gasteiger partial charge in [-0.2, -0.15) is 0 Å². The second-order valence-electron chi connectivity index (χ2n) is 4.50. The average molecular weight is 181 g/mol. The summed E-state index contributed by atoms with van der Waals surface area (Å²) in [5.74, 6) is 1.23. The van der Waals surface area contributed by atoms with Crippen LogP contribution in [0.1, 0.15) is 32.6 Å². The zero-order chi connectivity index (χ0) is 9.42. The fourth-order valence-corrected chi connectivity index (χ4v) is 1.81. The monoisotopic (exact) mass is 181 g/mol. The molecular formula is C10H19N3. The molecule has 2 rings (SSSR count). The molecule has 3 nitrogen and oxygen atoms in total. The molecule has 0 heterocycles. The van der Waals surface area contributed by atoms with Crippen LogP contribution in [0.5, 0.6) is 0 Å². The smallest absolute Gasteiger partial charge is 0.108 e. The molecule has 0 radical (unpaired) electrons. The third-order valence-corrected chi connectivity index (χ3v) is 3.13. The molecule has 74 valence electrons. The Morgan fingerprint density at radius 1 is 1.46 bits per heavy atom. The molecule has 1 unspecified atom stereocenters. The van der Waals surface area contributed by atoms with Crippen LogP contribution in [0.4, 0.5) is 0 Å². The number of hydrogen-bond acceptors (Lipinski definition) is 2. The Morgan fingerprint density at radius 3 is 2.46 bits per heavy atom. The van der Waals surface area contributed by atoms with E-state index in [9.17, 15) is 0 Å². The first-order valence-corrected chi connectivity index (χ1v) is 5.28. The Labute approximate surface area is 79.8 Å². The molecule has 0 spiro atoms. The van der Waals surface area contributed by atoms with Gasteiger partial charge in [-0.05, 0) is 38.5 Å². The van der Waals surface area contributed by atoms with E-state index in [1.165, 1.54) is 32.2 Å². The van der Waals surface area contributed by atoms with Gasteiger partial charge in [0.15, 0.2) is 0 Å². The number of nitrogens with two attached hydrogens (primary N) is 1. The minimum Gasteiger partial charge on any atom is -0.386 e. The molecule has 0 aromatic rings. The summed E-state index contributed by atoms with van der Waals surface area (Å²) >= 11 is 0. The predicted octanol–water partition coefficient (Wildman–Crippen LogP) is 1.19. The number of rotatable bonds is 5. The zero-order valence-corrected chi connectivity index (χ0v) is 8.29. The third kappa shape index (κ3) is 2.21. The van der Waals surface area contributed by atoms with Crippen molar-refractivity contribution in [1.29, 1.82) is 5.41 Å². The predicted molar refractivity (Wildman–Crippen MR) is 53.8 cm³/mol. The normalized spacial score (nSPS) is 24.8. The van der Waals surface area contributed by atoms with Gasteiger partial charge in [0.1, 0.15) is 5.84 Å². The van der Waals surface area contributed by atoms with Gasteiger partial charge >= 0.3 is 0 Å². The molecular weight excluding hydrogens is 162 g/mol. The second-order valence-corrected chi connectivity index (χ2v) is 4.50. The van der Waals surface area contributed by atoms with Crippen molar-refractivity contribution in [3.8, 4) is 0 Å². The Kier molecular flexibility index (Phi) is 2.28. The van der Waals surface area contributed by atoms with Crippen LogP contribution in [-0.4, -0.2) is 29.4 Å². The number of amidine groups is 1. The van der Waals surface area contributed by atoms with E-state index in [-0.39, 0.29) is 6.04 Å². The molecule has 2 aliphatic carbocycles. The number of nitrogens with zero attached hydrogens (tertiary/aromatic N) is 1. The van der Waals surface area contributed by atoms with Crippen LogP contribution >= 0.6 is 0 Å². The van der Waals surface area contributed by atoms with Crippen molar-refractivity contribution in [3.63, 3.8) is 0 Å². The van der Waals surface area contributed by atoms with Crippen molar-refractivity contribution in [1.82, 2.24) is 4.90 Å². The van der Waals surface area contributed by atoms with E-state index in [1.54, 1.807) is 0 Å². The minimum atomic E-state index is 0.160. The summed E-state index contributed by atoms with van der Waals surface area (Å²) in [4.78, 5) is 2.43. The van der Waals surface area contributed by atoms with Crippen molar-refractivity contribution in [3.05, 3.63) is 0 Å². The maximum absolute atomic E-state index is 7.45. The Balaban J connectivity index is 1.90. The summed E-state index contributed by atoms with van der Waals surface area (Å²) < 4.78 is 0. The molecule has 2 saturated carbocycles. The van der Waals surface area contributed by atoms with Crippen LogP contribution in [0.2, 0.25) is 0 Å². The van der Waals surface area contributed by atoms with E-state index in [0.29, 0.717) is 5.84 Å². The maximum Gasteiger partial charge on any atom is 0.108 e. The van der Waals surface area contributed by atoms with Gasteiger partial charge in [-0.25, -0.2) is 0 Å². The molecule has 2 fully saturated rings.